The summed E-state index contributed by atoms with van der Waals surface area (Å²) < 4.78 is 15.3. The number of nitrogens with zero attached hydrogens (tertiary/aromatic N) is 2. The maximum atomic E-state index is 13.6. The number of hydrogen-bond acceptors (Lipinski definition) is 2. The third-order valence-electron chi connectivity index (χ3n) is 2.56. The summed E-state index contributed by atoms with van der Waals surface area (Å²) in [6.45, 7) is 0. The lowest BCUT2D eigenvalue weighted by Crippen LogP contribution is -2.15. The van der Waals surface area contributed by atoms with Crippen LogP contribution >= 0.6 is 11.6 Å². The summed E-state index contributed by atoms with van der Waals surface area (Å²) in [4.78, 5) is 0. The van der Waals surface area contributed by atoms with Gasteiger partial charge in [-0.15, -0.1) is 0 Å². The zero-order valence-electron chi connectivity index (χ0n) is 9.40. The first-order chi connectivity index (χ1) is 8.06. The largest absolute Gasteiger partial charge is 0.324 e. The van der Waals surface area contributed by atoms with E-state index in [1.54, 1.807) is 10.7 Å². The van der Waals surface area contributed by atoms with E-state index < -0.39 is 6.04 Å². The Balaban J connectivity index is 2.19. The zero-order chi connectivity index (χ0) is 12.4. The van der Waals surface area contributed by atoms with Crippen LogP contribution in [0.5, 0.6) is 0 Å². The summed E-state index contributed by atoms with van der Waals surface area (Å²) in [5.74, 6) is -0.335. The van der Waals surface area contributed by atoms with Crippen LogP contribution in [0.15, 0.2) is 30.5 Å². The van der Waals surface area contributed by atoms with Gasteiger partial charge in [0.25, 0.3) is 0 Å². The van der Waals surface area contributed by atoms with Gasteiger partial charge in [0, 0.05) is 36.3 Å². The molecule has 0 bridgehead atoms. The van der Waals surface area contributed by atoms with Gasteiger partial charge in [-0.3, -0.25) is 4.68 Å². The van der Waals surface area contributed by atoms with Gasteiger partial charge in [-0.25, -0.2) is 4.39 Å². The Hall–Kier alpha value is -1.39. The Morgan fingerprint density at radius 1 is 1.47 bits per heavy atom. The minimum atomic E-state index is -0.441. The molecule has 1 heterocycles. The van der Waals surface area contributed by atoms with Gasteiger partial charge in [-0.1, -0.05) is 11.6 Å². The highest BCUT2D eigenvalue weighted by Gasteiger charge is 2.13. The standard InChI is InChI=1S/C12H13ClFN3/c1-17-5-4-9(16-17)7-12(15)10-6-8(13)2-3-11(10)14/h2-6,12H,7,15H2,1H3. The smallest absolute Gasteiger partial charge is 0.128 e. The highest BCUT2D eigenvalue weighted by atomic mass is 35.5. The van der Waals surface area contributed by atoms with E-state index in [9.17, 15) is 4.39 Å². The van der Waals surface area contributed by atoms with Crippen LogP contribution in [0.1, 0.15) is 17.3 Å². The van der Waals surface area contributed by atoms with E-state index >= 15 is 0 Å². The lowest BCUT2D eigenvalue weighted by Gasteiger charge is -2.11. The Morgan fingerprint density at radius 3 is 2.88 bits per heavy atom. The third kappa shape index (κ3) is 2.84. The molecule has 1 aromatic carbocycles. The summed E-state index contributed by atoms with van der Waals surface area (Å²) in [5, 5.41) is 4.69. The van der Waals surface area contributed by atoms with Gasteiger partial charge in [-0.2, -0.15) is 5.10 Å². The van der Waals surface area contributed by atoms with Crippen molar-refractivity contribution in [3.8, 4) is 0 Å². The molecule has 0 radical (unpaired) electrons. The van der Waals surface area contributed by atoms with Crippen molar-refractivity contribution < 1.29 is 4.39 Å². The van der Waals surface area contributed by atoms with Crippen LogP contribution in [0, 0.1) is 5.82 Å². The van der Waals surface area contributed by atoms with Gasteiger partial charge in [0.15, 0.2) is 0 Å². The van der Waals surface area contributed by atoms with E-state index in [2.05, 4.69) is 5.10 Å². The topological polar surface area (TPSA) is 43.8 Å². The molecule has 90 valence electrons. The number of aromatic nitrogens is 2. The van der Waals surface area contributed by atoms with Crippen molar-refractivity contribution in [2.75, 3.05) is 0 Å². The lowest BCUT2D eigenvalue weighted by molar-refractivity contribution is 0.576. The Bertz CT molecular complexity index is 524. The molecule has 2 aromatic rings. The van der Waals surface area contributed by atoms with Crippen LogP contribution in [0.2, 0.25) is 5.02 Å². The summed E-state index contributed by atoms with van der Waals surface area (Å²) in [6, 6.07) is 5.82. The molecule has 0 saturated heterocycles. The van der Waals surface area contributed by atoms with Crippen molar-refractivity contribution in [1.82, 2.24) is 9.78 Å². The molecule has 5 heteroatoms. The maximum absolute atomic E-state index is 13.6. The molecule has 2 N–H and O–H groups in total. The van der Waals surface area contributed by atoms with Crippen LogP contribution in [0.25, 0.3) is 0 Å². The van der Waals surface area contributed by atoms with E-state index in [-0.39, 0.29) is 5.82 Å². The molecule has 0 saturated carbocycles. The Morgan fingerprint density at radius 2 is 2.24 bits per heavy atom. The van der Waals surface area contributed by atoms with Crippen LogP contribution in [0.4, 0.5) is 4.39 Å². The molecule has 0 aliphatic carbocycles. The van der Waals surface area contributed by atoms with Crippen LogP contribution in [-0.4, -0.2) is 9.78 Å². The number of hydrogen-bond donors (Lipinski definition) is 1. The Kier molecular flexibility index (Phi) is 3.45. The number of halogens is 2. The maximum Gasteiger partial charge on any atom is 0.128 e. The predicted molar refractivity (Wildman–Crippen MR) is 65.3 cm³/mol. The average molecular weight is 254 g/mol. The van der Waals surface area contributed by atoms with Crippen molar-refractivity contribution in [1.29, 1.82) is 0 Å². The number of rotatable bonds is 3. The minimum Gasteiger partial charge on any atom is -0.324 e. The molecule has 17 heavy (non-hydrogen) atoms. The molecule has 3 nitrogen and oxygen atoms in total. The fourth-order valence-corrected chi connectivity index (χ4v) is 1.89. The quantitative estimate of drug-likeness (QED) is 0.913. The molecule has 1 atom stereocenters. The molecule has 1 aromatic heterocycles. The second-order valence-corrected chi connectivity index (χ2v) is 4.39. The fourth-order valence-electron chi connectivity index (χ4n) is 1.71. The monoisotopic (exact) mass is 253 g/mol. The molecule has 0 aliphatic heterocycles. The van der Waals surface area contributed by atoms with Gasteiger partial charge in [-0.05, 0) is 24.3 Å². The van der Waals surface area contributed by atoms with E-state index in [1.807, 2.05) is 19.3 Å². The van der Waals surface area contributed by atoms with Gasteiger partial charge in [0.05, 0.1) is 5.69 Å². The summed E-state index contributed by atoms with van der Waals surface area (Å²) >= 11 is 5.83. The van der Waals surface area contributed by atoms with Crippen LogP contribution in [-0.2, 0) is 13.5 Å². The van der Waals surface area contributed by atoms with E-state index in [4.69, 9.17) is 17.3 Å². The van der Waals surface area contributed by atoms with Crippen molar-refractivity contribution in [3.05, 3.63) is 52.6 Å². The van der Waals surface area contributed by atoms with Crippen molar-refractivity contribution in [3.63, 3.8) is 0 Å². The number of benzene rings is 1. The van der Waals surface area contributed by atoms with Crippen molar-refractivity contribution in [2.45, 2.75) is 12.5 Å². The molecular formula is C12H13ClFN3. The Labute approximate surface area is 104 Å². The SMILES string of the molecule is Cn1ccc(CC(N)c2cc(Cl)ccc2F)n1. The molecule has 0 fully saturated rings. The summed E-state index contributed by atoms with van der Waals surface area (Å²) in [7, 11) is 1.83. The molecule has 0 spiro atoms. The van der Waals surface area contributed by atoms with E-state index in [0.29, 0.717) is 17.0 Å². The normalized spacial score (nSPS) is 12.7. The average Bonchev–Trinajstić information content (AvgIpc) is 2.67. The second kappa shape index (κ2) is 4.85. The van der Waals surface area contributed by atoms with Crippen molar-refractivity contribution >= 4 is 11.6 Å². The molecule has 0 amide bonds. The number of nitrogens with two attached hydrogens (primary N) is 1. The highest BCUT2D eigenvalue weighted by Crippen LogP contribution is 2.22. The lowest BCUT2D eigenvalue weighted by atomic mass is 10.0. The van der Waals surface area contributed by atoms with Crippen LogP contribution in [0.3, 0.4) is 0 Å². The van der Waals surface area contributed by atoms with Crippen LogP contribution < -0.4 is 5.73 Å². The molecule has 2 rings (SSSR count). The van der Waals surface area contributed by atoms with Gasteiger partial charge >= 0.3 is 0 Å². The predicted octanol–water partition coefficient (Wildman–Crippen LogP) is 2.46. The number of aryl methyl sites for hydroxylation is 1. The zero-order valence-corrected chi connectivity index (χ0v) is 10.2. The van der Waals surface area contributed by atoms with Gasteiger partial charge in [0.2, 0.25) is 0 Å². The highest BCUT2D eigenvalue weighted by molar-refractivity contribution is 6.30. The first kappa shape index (κ1) is 12.1. The van der Waals surface area contributed by atoms with Gasteiger partial charge < -0.3 is 5.73 Å². The van der Waals surface area contributed by atoms with Crippen molar-refractivity contribution in [2.24, 2.45) is 12.8 Å². The summed E-state index contributed by atoms with van der Waals surface area (Å²) in [6.07, 6.45) is 2.31. The van der Waals surface area contributed by atoms with E-state index in [1.165, 1.54) is 12.1 Å². The fraction of sp³-hybridized carbons (Fsp3) is 0.250. The first-order valence-corrected chi connectivity index (χ1v) is 5.63. The second-order valence-electron chi connectivity index (χ2n) is 3.96. The van der Waals surface area contributed by atoms with E-state index in [0.717, 1.165) is 5.69 Å². The molecular weight excluding hydrogens is 241 g/mol. The van der Waals surface area contributed by atoms with Gasteiger partial charge in [0.1, 0.15) is 5.82 Å². The summed E-state index contributed by atoms with van der Waals surface area (Å²) in [5.41, 5.74) is 7.21. The molecule has 1 unspecified atom stereocenters. The minimum absolute atomic E-state index is 0.335. The molecule has 0 aliphatic rings. The third-order valence-corrected chi connectivity index (χ3v) is 2.79. The first-order valence-electron chi connectivity index (χ1n) is 5.25.